The fourth-order valence-electron chi connectivity index (χ4n) is 3.38. The van der Waals surface area contributed by atoms with Crippen molar-refractivity contribution < 1.29 is 4.79 Å². The van der Waals surface area contributed by atoms with Crippen LogP contribution in [-0.4, -0.2) is 29.2 Å². The molecule has 0 radical (unpaired) electrons. The second kappa shape index (κ2) is 6.40. The number of rotatable bonds is 3. The molecule has 1 saturated carbocycles. The van der Waals surface area contributed by atoms with E-state index in [0.717, 1.165) is 31.3 Å². The van der Waals surface area contributed by atoms with Crippen molar-refractivity contribution in [2.24, 2.45) is 11.3 Å². The first-order valence-electron chi connectivity index (χ1n) is 7.49. The van der Waals surface area contributed by atoms with Gasteiger partial charge in [0, 0.05) is 24.8 Å². The van der Waals surface area contributed by atoms with E-state index in [1.54, 1.807) is 0 Å². The number of hydrogen-bond donors (Lipinski definition) is 0. The van der Waals surface area contributed by atoms with E-state index in [4.69, 9.17) is 0 Å². The maximum atomic E-state index is 12.2. The number of nitrogens with zero attached hydrogens (tertiary/aromatic N) is 1. The minimum absolute atomic E-state index is 0.363. The zero-order chi connectivity index (χ0) is 13.0. The van der Waals surface area contributed by atoms with Crippen molar-refractivity contribution in [3.63, 3.8) is 0 Å². The van der Waals surface area contributed by atoms with E-state index in [2.05, 4.69) is 27.8 Å². The molecule has 2 fully saturated rings. The van der Waals surface area contributed by atoms with Gasteiger partial charge in [-0.15, -0.1) is 0 Å². The average Bonchev–Trinajstić information content (AvgIpc) is 2.55. The molecule has 1 saturated heterocycles. The van der Waals surface area contributed by atoms with Gasteiger partial charge in [0.25, 0.3) is 0 Å². The topological polar surface area (TPSA) is 20.3 Å². The van der Waals surface area contributed by atoms with Gasteiger partial charge in [-0.05, 0) is 37.0 Å². The van der Waals surface area contributed by atoms with Crippen LogP contribution in [0.4, 0.5) is 0 Å². The van der Waals surface area contributed by atoms with Gasteiger partial charge in [0.1, 0.15) is 0 Å². The van der Waals surface area contributed by atoms with E-state index in [1.807, 2.05) is 0 Å². The number of alkyl halides is 1. The Morgan fingerprint density at radius 3 is 2.67 bits per heavy atom. The normalized spacial score (nSPS) is 29.1. The number of likely N-dealkylation sites (tertiary alicyclic amines) is 1. The molecule has 0 aromatic carbocycles. The van der Waals surface area contributed by atoms with E-state index in [-0.39, 0.29) is 0 Å². The Morgan fingerprint density at radius 2 is 2.00 bits per heavy atom. The molecule has 2 nitrogen and oxygen atoms in total. The van der Waals surface area contributed by atoms with Gasteiger partial charge in [0.15, 0.2) is 0 Å². The van der Waals surface area contributed by atoms with Gasteiger partial charge in [0.2, 0.25) is 5.91 Å². The fourth-order valence-corrected chi connectivity index (χ4v) is 4.12. The SMILES string of the molecule is CC1CCC(=O)N(CC2(CBr)CCCCC2)CC1. The number of halogens is 1. The quantitative estimate of drug-likeness (QED) is 0.721. The first-order valence-corrected chi connectivity index (χ1v) is 8.61. The Labute approximate surface area is 120 Å². The zero-order valence-corrected chi connectivity index (χ0v) is 13.2. The van der Waals surface area contributed by atoms with Gasteiger partial charge < -0.3 is 4.90 Å². The number of carbonyl (C=O) groups excluding carboxylic acids is 1. The summed E-state index contributed by atoms with van der Waals surface area (Å²) in [5.41, 5.74) is 0.363. The van der Waals surface area contributed by atoms with Crippen LogP contribution in [0.5, 0.6) is 0 Å². The molecule has 0 spiro atoms. The standard InChI is InChI=1S/C15H26BrNO/c1-13-5-6-14(18)17(10-7-13)12-15(11-16)8-3-2-4-9-15/h13H,2-12H2,1H3. The van der Waals surface area contributed by atoms with Crippen LogP contribution in [0.3, 0.4) is 0 Å². The Hall–Kier alpha value is -0.0500. The van der Waals surface area contributed by atoms with E-state index in [0.29, 0.717) is 17.2 Å². The van der Waals surface area contributed by atoms with Crippen molar-refractivity contribution in [3.05, 3.63) is 0 Å². The molecule has 1 amide bonds. The minimum Gasteiger partial charge on any atom is -0.342 e. The maximum absolute atomic E-state index is 12.2. The predicted molar refractivity (Wildman–Crippen MR) is 78.9 cm³/mol. The smallest absolute Gasteiger partial charge is 0.222 e. The second-order valence-corrected chi connectivity index (χ2v) is 7.00. The van der Waals surface area contributed by atoms with Crippen LogP contribution < -0.4 is 0 Å². The molecule has 2 rings (SSSR count). The number of hydrogen-bond acceptors (Lipinski definition) is 1. The highest BCUT2D eigenvalue weighted by atomic mass is 79.9. The van der Waals surface area contributed by atoms with Crippen LogP contribution >= 0.6 is 15.9 Å². The molecule has 0 aromatic rings. The minimum atomic E-state index is 0.363. The van der Waals surface area contributed by atoms with Gasteiger partial charge >= 0.3 is 0 Å². The van der Waals surface area contributed by atoms with Crippen molar-refractivity contribution in [2.75, 3.05) is 18.4 Å². The summed E-state index contributed by atoms with van der Waals surface area (Å²) in [4.78, 5) is 14.4. The van der Waals surface area contributed by atoms with Crippen molar-refractivity contribution in [3.8, 4) is 0 Å². The molecular formula is C15H26BrNO. The molecule has 1 heterocycles. The molecular weight excluding hydrogens is 290 g/mol. The molecule has 3 heteroatoms. The van der Waals surface area contributed by atoms with Crippen LogP contribution in [0, 0.1) is 11.3 Å². The Balaban J connectivity index is 1.99. The van der Waals surface area contributed by atoms with E-state index < -0.39 is 0 Å². The summed E-state index contributed by atoms with van der Waals surface area (Å²) in [7, 11) is 0. The lowest BCUT2D eigenvalue weighted by molar-refractivity contribution is -0.132. The monoisotopic (exact) mass is 315 g/mol. The Kier molecular flexibility index (Phi) is 5.11. The van der Waals surface area contributed by atoms with Gasteiger partial charge in [-0.3, -0.25) is 4.79 Å². The molecule has 1 aliphatic carbocycles. The summed E-state index contributed by atoms with van der Waals surface area (Å²) < 4.78 is 0. The summed E-state index contributed by atoms with van der Waals surface area (Å²) in [6.45, 7) is 4.25. The second-order valence-electron chi connectivity index (χ2n) is 6.44. The predicted octanol–water partition coefficient (Wildman–Crippen LogP) is 3.98. The molecule has 0 bridgehead atoms. The van der Waals surface area contributed by atoms with Crippen LogP contribution in [0.2, 0.25) is 0 Å². The number of amides is 1. The van der Waals surface area contributed by atoms with Gasteiger partial charge in [-0.25, -0.2) is 0 Å². The Bertz CT molecular complexity index is 286. The maximum Gasteiger partial charge on any atom is 0.222 e. The highest BCUT2D eigenvalue weighted by Crippen LogP contribution is 2.39. The lowest BCUT2D eigenvalue weighted by Crippen LogP contribution is -2.43. The Morgan fingerprint density at radius 1 is 1.28 bits per heavy atom. The first-order chi connectivity index (χ1) is 8.65. The third-order valence-electron chi connectivity index (χ3n) is 4.82. The third kappa shape index (κ3) is 3.49. The van der Waals surface area contributed by atoms with Gasteiger partial charge in [-0.1, -0.05) is 42.1 Å². The molecule has 1 atom stereocenters. The van der Waals surface area contributed by atoms with Crippen LogP contribution in [0.1, 0.15) is 58.3 Å². The number of carbonyl (C=O) groups is 1. The highest BCUT2D eigenvalue weighted by Gasteiger charge is 2.34. The molecule has 1 unspecified atom stereocenters. The van der Waals surface area contributed by atoms with Gasteiger partial charge in [0.05, 0.1) is 0 Å². The van der Waals surface area contributed by atoms with Crippen molar-refractivity contribution >= 4 is 21.8 Å². The summed E-state index contributed by atoms with van der Waals surface area (Å²) >= 11 is 3.71. The van der Waals surface area contributed by atoms with Gasteiger partial charge in [-0.2, -0.15) is 0 Å². The molecule has 18 heavy (non-hydrogen) atoms. The highest BCUT2D eigenvalue weighted by molar-refractivity contribution is 9.09. The van der Waals surface area contributed by atoms with E-state index >= 15 is 0 Å². The fraction of sp³-hybridized carbons (Fsp3) is 0.933. The lowest BCUT2D eigenvalue weighted by atomic mass is 9.75. The van der Waals surface area contributed by atoms with Crippen molar-refractivity contribution in [1.29, 1.82) is 0 Å². The summed E-state index contributed by atoms with van der Waals surface area (Å²) in [5, 5.41) is 1.05. The molecule has 0 aromatic heterocycles. The first kappa shape index (κ1) is 14.4. The van der Waals surface area contributed by atoms with E-state index in [9.17, 15) is 4.79 Å². The molecule has 1 aliphatic heterocycles. The summed E-state index contributed by atoms with van der Waals surface area (Å²) in [5.74, 6) is 1.11. The third-order valence-corrected chi connectivity index (χ3v) is 6.01. The van der Waals surface area contributed by atoms with Crippen molar-refractivity contribution in [2.45, 2.75) is 58.3 Å². The summed E-state index contributed by atoms with van der Waals surface area (Å²) in [6, 6.07) is 0. The molecule has 104 valence electrons. The van der Waals surface area contributed by atoms with Crippen LogP contribution in [0.15, 0.2) is 0 Å². The van der Waals surface area contributed by atoms with E-state index in [1.165, 1.54) is 38.5 Å². The zero-order valence-electron chi connectivity index (χ0n) is 11.6. The van der Waals surface area contributed by atoms with Crippen molar-refractivity contribution in [1.82, 2.24) is 4.90 Å². The average molecular weight is 316 g/mol. The van der Waals surface area contributed by atoms with Crippen LogP contribution in [0.25, 0.3) is 0 Å². The summed E-state index contributed by atoms with van der Waals surface area (Å²) in [6.07, 6.45) is 9.66. The largest absolute Gasteiger partial charge is 0.342 e. The molecule has 0 N–H and O–H groups in total. The van der Waals surface area contributed by atoms with Crippen LogP contribution in [-0.2, 0) is 4.79 Å². The lowest BCUT2D eigenvalue weighted by Gasteiger charge is -2.40. The molecule has 2 aliphatic rings.